The van der Waals surface area contributed by atoms with Crippen molar-refractivity contribution in [1.82, 2.24) is 4.90 Å². The van der Waals surface area contributed by atoms with Crippen molar-refractivity contribution in [2.24, 2.45) is 0 Å². The molecule has 1 heterocycles. The third kappa shape index (κ3) is 2.34. The van der Waals surface area contributed by atoms with Crippen LogP contribution in [0.5, 0.6) is 0 Å². The van der Waals surface area contributed by atoms with E-state index in [-0.39, 0.29) is 0 Å². The summed E-state index contributed by atoms with van der Waals surface area (Å²) in [5.74, 6) is 0. The number of hydrogen-bond acceptors (Lipinski definition) is 1. The Morgan fingerprint density at radius 1 is 1.00 bits per heavy atom. The van der Waals surface area contributed by atoms with Gasteiger partial charge in [0.2, 0.25) is 0 Å². The third-order valence-corrected chi connectivity index (χ3v) is 4.00. The summed E-state index contributed by atoms with van der Waals surface area (Å²) in [6.45, 7) is 1.92. The lowest BCUT2D eigenvalue weighted by atomic mass is 10.0. The molecule has 90 valence electrons. The quantitative estimate of drug-likeness (QED) is 0.792. The van der Waals surface area contributed by atoms with Gasteiger partial charge in [-0.3, -0.25) is 0 Å². The number of hydrogen-bond donors (Lipinski definition) is 0. The maximum absolute atomic E-state index is 3.60. The molecule has 0 radical (unpaired) electrons. The van der Waals surface area contributed by atoms with Gasteiger partial charge in [0.05, 0.1) is 0 Å². The largest absolute Gasteiger partial charge is 0.369 e. The lowest BCUT2D eigenvalue weighted by molar-refractivity contribution is 0.359. The number of rotatable bonds is 2. The van der Waals surface area contributed by atoms with E-state index in [2.05, 4.69) is 81.6 Å². The lowest BCUT2D eigenvalue weighted by Gasteiger charge is -2.25. The van der Waals surface area contributed by atoms with Gasteiger partial charge in [-0.15, -0.1) is 0 Å². The maximum Gasteiger partial charge on any atom is 0.0438 e. The number of fused-ring (bicyclic) bond motifs is 1. The Balaban J connectivity index is 1.80. The second-order valence-electron chi connectivity index (χ2n) is 4.51. The van der Waals surface area contributed by atoms with E-state index < -0.39 is 0 Å². The van der Waals surface area contributed by atoms with Gasteiger partial charge in [-0.1, -0.05) is 58.4 Å². The standard InChI is InChI=1S/C16H14BrN/c17-16-8-4-3-7-15(16)12-18-10-9-13-5-1-2-6-14(13)11-18/h1-10H,11-12H2. The fraction of sp³-hybridized carbons (Fsp3) is 0.125. The predicted octanol–water partition coefficient (Wildman–Crippen LogP) is 4.44. The Bertz CT molecular complexity index is 589. The summed E-state index contributed by atoms with van der Waals surface area (Å²) in [6, 6.07) is 17.0. The van der Waals surface area contributed by atoms with E-state index >= 15 is 0 Å². The number of nitrogens with zero attached hydrogens (tertiary/aromatic N) is 1. The van der Waals surface area contributed by atoms with Crippen LogP contribution in [-0.2, 0) is 13.1 Å². The highest BCUT2D eigenvalue weighted by molar-refractivity contribution is 9.10. The summed E-state index contributed by atoms with van der Waals surface area (Å²) < 4.78 is 1.18. The molecule has 0 amide bonds. The summed E-state index contributed by atoms with van der Waals surface area (Å²) in [5.41, 5.74) is 4.05. The van der Waals surface area contributed by atoms with Gasteiger partial charge in [-0.05, 0) is 28.8 Å². The second kappa shape index (κ2) is 4.99. The van der Waals surface area contributed by atoms with E-state index in [9.17, 15) is 0 Å². The van der Waals surface area contributed by atoms with Crippen molar-refractivity contribution in [2.75, 3.05) is 0 Å². The fourth-order valence-electron chi connectivity index (χ4n) is 2.25. The van der Waals surface area contributed by atoms with E-state index in [1.165, 1.54) is 21.2 Å². The summed E-state index contributed by atoms with van der Waals surface area (Å²) in [6.07, 6.45) is 4.37. The molecule has 1 aliphatic rings. The van der Waals surface area contributed by atoms with Crippen LogP contribution >= 0.6 is 15.9 Å². The van der Waals surface area contributed by atoms with Crippen LogP contribution in [0.3, 0.4) is 0 Å². The summed E-state index contributed by atoms with van der Waals surface area (Å²) in [4.78, 5) is 2.34. The predicted molar refractivity (Wildman–Crippen MR) is 78.9 cm³/mol. The first-order valence-electron chi connectivity index (χ1n) is 6.06. The Labute approximate surface area is 116 Å². The molecule has 0 fully saturated rings. The first-order valence-corrected chi connectivity index (χ1v) is 6.86. The van der Waals surface area contributed by atoms with E-state index in [0.717, 1.165) is 13.1 Å². The molecule has 0 spiro atoms. The molecular formula is C16H14BrN. The van der Waals surface area contributed by atoms with E-state index in [0.29, 0.717) is 0 Å². The highest BCUT2D eigenvalue weighted by Crippen LogP contribution is 2.23. The number of halogens is 1. The van der Waals surface area contributed by atoms with E-state index in [1.807, 2.05) is 0 Å². The van der Waals surface area contributed by atoms with Crippen molar-refractivity contribution >= 4 is 22.0 Å². The van der Waals surface area contributed by atoms with Gasteiger partial charge in [-0.25, -0.2) is 0 Å². The molecule has 2 aromatic rings. The third-order valence-electron chi connectivity index (χ3n) is 3.22. The zero-order valence-corrected chi connectivity index (χ0v) is 11.6. The van der Waals surface area contributed by atoms with Crippen molar-refractivity contribution in [1.29, 1.82) is 0 Å². The molecule has 2 aromatic carbocycles. The van der Waals surface area contributed by atoms with Crippen LogP contribution in [0.2, 0.25) is 0 Å². The molecule has 0 bridgehead atoms. The lowest BCUT2D eigenvalue weighted by Crippen LogP contribution is -2.19. The van der Waals surface area contributed by atoms with E-state index in [1.54, 1.807) is 0 Å². The zero-order chi connectivity index (χ0) is 12.4. The Kier molecular flexibility index (Phi) is 3.20. The molecule has 0 saturated carbocycles. The zero-order valence-electron chi connectivity index (χ0n) is 10.0. The van der Waals surface area contributed by atoms with Gasteiger partial charge in [0, 0.05) is 23.8 Å². The van der Waals surface area contributed by atoms with Crippen LogP contribution in [-0.4, -0.2) is 4.90 Å². The van der Waals surface area contributed by atoms with Crippen LogP contribution < -0.4 is 0 Å². The fourth-order valence-corrected chi connectivity index (χ4v) is 2.66. The molecule has 0 aromatic heterocycles. The molecule has 2 heteroatoms. The minimum atomic E-state index is 0.937. The molecule has 0 atom stereocenters. The van der Waals surface area contributed by atoms with Gasteiger partial charge in [-0.2, -0.15) is 0 Å². The van der Waals surface area contributed by atoms with Crippen molar-refractivity contribution in [3.63, 3.8) is 0 Å². The maximum atomic E-state index is 3.60. The molecule has 18 heavy (non-hydrogen) atoms. The summed E-state index contributed by atoms with van der Waals surface area (Å²) in [5, 5.41) is 0. The topological polar surface area (TPSA) is 3.24 Å². The summed E-state index contributed by atoms with van der Waals surface area (Å²) in [7, 11) is 0. The van der Waals surface area contributed by atoms with E-state index in [4.69, 9.17) is 0 Å². The average Bonchev–Trinajstić information content (AvgIpc) is 2.41. The van der Waals surface area contributed by atoms with Gasteiger partial charge >= 0.3 is 0 Å². The summed E-state index contributed by atoms with van der Waals surface area (Å²) >= 11 is 3.60. The highest BCUT2D eigenvalue weighted by Gasteiger charge is 2.11. The van der Waals surface area contributed by atoms with Crippen LogP contribution in [0.15, 0.2) is 59.2 Å². The molecule has 1 aliphatic heterocycles. The monoisotopic (exact) mass is 299 g/mol. The molecule has 0 aliphatic carbocycles. The minimum Gasteiger partial charge on any atom is -0.369 e. The molecular weight excluding hydrogens is 286 g/mol. The Morgan fingerprint density at radius 3 is 2.67 bits per heavy atom. The molecule has 0 saturated heterocycles. The van der Waals surface area contributed by atoms with Gasteiger partial charge in [0.25, 0.3) is 0 Å². The number of benzene rings is 2. The highest BCUT2D eigenvalue weighted by atomic mass is 79.9. The minimum absolute atomic E-state index is 0.937. The van der Waals surface area contributed by atoms with Gasteiger partial charge in [0.1, 0.15) is 0 Å². The first-order chi connectivity index (χ1) is 8.83. The average molecular weight is 300 g/mol. The molecule has 0 unspecified atom stereocenters. The van der Waals surface area contributed by atoms with Crippen molar-refractivity contribution in [3.8, 4) is 0 Å². The molecule has 3 rings (SSSR count). The van der Waals surface area contributed by atoms with Crippen LogP contribution in [0.25, 0.3) is 6.08 Å². The SMILES string of the molecule is Brc1ccccc1CN1C=Cc2ccccc2C1. The molecule has 0 N–H and O–H groups in total. The van der Waals surface area contributed by atoms with Crippen molar-refractivity contribution < 1.29 is 0 Å². The Morgan fingerprint density at radius 2 is 1.78 bits per heavy atom. The van der Waals surface area contributed by atoms with Gasteiger partial charge < -0.3 is 4.90 Å². The second-order valence-corrected chi connectivity index (χ2v) is 5.37. The first kappa shape index (κ1) is 11.5. The smallest absolute Gasteiger partial charge is 0.0438 e. The van der Waals surface area contributed by atoms with Crippen molar-refractivity contribution in [3.05, 3.63) is 75.9 Å². The van der Waals surface area contributed by atoms with Crippen LogP contribution in [0.1, 0.15) is 16.7 Å². The van der Waals surface area contributed by atoms with Crippen LogP contribution in [0.4, 0.5) is 0 Å². The molecule has 1 nitrogen and oxygen atoms in total. The Hall–Kier alpha value is -1.54. The van der Waals surface area contributed by atoms with Crippen molar-refractivity contribution in [2.45, 2.75) is 13.1 Å². The van der Waals surface area contributed by atoms with Gasteiger partial charge in [0.15, 0.2) is 0 Å². The van der Waals surface area contributed by atoms with Crippen LogP contribution in [0, 0.1) is 0 Å². The normalized spacial score (nSPS) is 13.5.